The van der Waals surface area contributed by atoms with E-state index < -0.39 is 0 Å². The molecule has 34 heavy (non-hydrogen) atoms. The molecular formula is C27H25ClN2O4. The van der Waals surface area contributed by atoms with Crippen LogP contribution >= 0.6 is 11.6 Å². The average molecular weight is 477 g/mol. The van der Waals surface area contributed by atoms with Gasteiger partial charge in [-0.05, 0) is 60.0 Å². The van der Waals surface area contributed by atoms with Crippen molar-refractivity contribution in [3.8, 4) is 11.5 Å². The summed E-state index contributed by atoms with van der Waals surface area (Å²) < 4.78 is 23.1. The zero-order chi connectivity index (χ0) is 23.7. The maximum atomic E-state index is 6.49. The Morgan fingerprint density at radius 3 is 1.62 bits per heavy atom. The van der Waals surface area contributed by atoms with Crippen LogP contribution in [0.4, 0.5) is 0 Å². The number of rotatable bonds is 6. The molecule has 0 radical (unpaired) electrons. The summed E-state index contributed by atoms with van der Waals surface area (Å²) in [5, 5.41) is 0.642. The predicted molar refractivity (Wildman–Crippen MR) is 133 cm³/mol. The first-order valence-corrected chi connectivity index (χ1v) is 11.4. The van der Waals surface area contributed by atoms with E-state index in [4.69, 9.17) is 35.5 Å². The highest BCUT2D eigenvalue weighted by atomic mass is 35.5. The summed E-state index contributed by atoms with van der Waals surface area (Å²) in [6, 6.07) is 19.6. The molecule has 6 nitrogen and oxygen atoms in total. The molecule has 5 rings (SSSR count). The van der Waals surface area contributed by atoms with Crippen LogP contribution in [0.2, 0.25) is 5.02 Å². The summed E-state index contributed by atoms with van der Waals surface area (Å²) in [6.45, 7) is 3.02. The van der Waals surface area contributed by atoms with Crippen molar-refractivity contribution in [1.82, 2.24) is 0 Å². The van der Waals surface area contributed by atoms with Crippen molar-refractivity contribution < 1.29 is 18.9 Å². The predicted octanol–water partition coefficient (Wildman–Crippen LogP) is 5.70. The summed E-state index contributed by atoms with van der Waals surface area (Å²) in [4.78, 5) is 9.39. The van der Waals surface area contributed by atoms with E-state index in [1.165, 1.54) is 0 Å². The van der Waals surface area contributed by atoms with Crippen molar-refractivity contribution in [3.63, 3.8) is 0 Å². The molecule has 0 amide bonds. The van der Waals surface area contributed by atoms with Gasteiger partial charge in [-0.3, -0.25) is 0 Å². The third kappa shape index (κ3) is 4.33. The van der Waals surface area contributed by atoms with Crippen molar-refractivity contribution in [2.24, 2.45) is 9.98 Å². The second-order valence-corrected chi connectivity index (χ2v) is 8.61. The quantitative estimate of drug-likeness (QED) is 0.457. The highest BCUT2D eigenvalue weighted by molar-refractivity contribution is 6.32. The maximum Gasteiger partial charge on any atom is 0.217 e. The molecule has 3 aromatic rings. The summed E-state index contributed by atoms with van der Waals surface area (Å²) in [7, 11) is 3.30. The SMILES string of the molecule is COc1ccc(C2CN=C(c3cc(C)c(Cl)cc3C3=NCC(c4ccc(OC)cc4)O3)O2)cc1. The maximum absolute atomic E-state index is 6.49. The van der Waals surface area contributed by atoms with Gasteiger partial charge in [-0.15, -0.1) is 0 Å². The molecule has 0 aliphatic carbocycles. The fourth-order valence-electron chi connectivity index (χ4n) is 4.07. The fraction of sp³-hybridized carbons (Fsp3) is 0.259. The first-order chi connectivity index (χ1) is 16.6. The number of nitrogens with zero attached hydrogens (tertiary/aromatic N) is 2. The van der Waals surface area contributed by atoms with Gasteiger partial charge in [0.15, 0.2) is 0 Å². The van der Waals surface area contributed by atoms with Gasteiger partial charge in [-0.25, -0.2) is 9.98 Å². The number of benzene rings is 3. The number of aryl methyl sites for hydroxylation is 1. The minimum atomic E-state index is -0.174. The Labute approximate surface area is 203 Å². The van der Waals surface area contributed by atoms with E-state index >= 15 is 0 Å². The van der Waals surface area contributed by atoms with E-state index in [1.54, 1.807) is 14.2 Å². The summed E-state index contributed by atoms with van der Waals surface area (Å²) in [5.41, 5.74) is 4.62. The highest BCUT2D eigenvalue weighted by Crippen LogP contribution is 2.33. The third-order valence-corrected chi connectivity index (χ3v) is 6.45. The molecule has 0 fully saturated rings. The summed E-state index contributed by atoms with van der Waals surface area (Å²) >= 11 is 6.49. The Hall–Kier alpha value is -3.51. The van der Waals surface area contributed by atoms with E-state index in [0.29, 0.717) is 29.9 Å². The number of aliphatic imine (C=N–C) groups is 2. The zero-order valence-corrected chi connectivity index (χ0v) is 20.0. The van der Waals surface area contributed by atoms with Gasteiger partial charge in [0.2, 0.25) is 11.8 Å². The lowest BCUT2D eigenvalue weighted by molar-refractivity contribution is 0.227. The van der Waals surface area contributed by atoms with Crippen LogP contribution in [-0.4, -0.2) is 39.1 Å². The Kier molecular flexibility index (Phi) is 6.16. The van der Waals surface area contributed by atoms with Gasteiger partial charge in [0.1, 0.15) is 23.7 Å². The Bertz CT molecular complexity index is 1150. The third-order valence-electron chi connectivity index (χ3n) is 6.04. The monoisotopic (exact) mass is 476 g/mol. The van der Waals surface area contributed by atoms with E-state index in [-0.39, 0.29) is 12.2 Å². The van der Waals surface area contributed by atoms with E-state index in [1.807, 2.05) is 67.6 Å². The van der Waals surface area contributed by atoms with Gasteiger partial charge in [0, 0.05) is 10.6 Å². The van der Waals surface area contributed by atoms with Crippen molar-refractivity contribution in [3.05, 3.63) is 93.5 Å². The molecule has 2 aliphatic rings. The number of hydrogen-bond acceptors (Lipinski definition) is 6. The van der Waals surface area contributed by atoms with Crippen LogP contribution in [0.1, 0.15) is 40.0 Å². The van der Waals surface area contributed by atoms with Crippen LogP contribution in [-0.2, 0) is 9.47 Å². The van der Waals surface area contributed by atoms with Gasteiger partial charge >= 0.3 is 0 Å². The molecule has 0 N–H and O–H groups in total. The number of ether oxygens (including phenoxy) is 4. The highest BCUT2D eigenvalue weighted by Gasteiger charge is 2.30. The van der Waals surface area contributed by atoms with Crippen molar-refractivity contribution in [2.75, 3.05) is 27.3 Å². The molecule has 0 saturated carbocycles. The fourth-order valence-corrected chi connectivity index (χ4v) is 4.23. The van der Waals surface area contributed by atoms with Crippen molar-refractivity contribution in [1.29, 1.82) is 0 Å². The minimum Gasteiger partial charge on any atom is -0.497 e. The van der Waals surface area contributed by atoms with Gasteiger partial charge in [-0.2, -0.15) is 0 Å². The molecule has 174 valence electrons. The zero-order valence-electron chi connectivity index (χ0n) is 19.2. The minimum absolute atomic E-state index is 0.164. The van der Waals surface area contributed by atoms with Crippen LogP contribution in [0, 0.1) is 6.92 Å². The van der Waals surface area contributed by atoms with E-state index in [9.17, 15) is 0 Å². The lowest BCUT2D eigenvalue weighted by Gasteiger charge is -2.17. The molecule has 0 aromatic heterocycles. The molecule has 7 heteroatoms. The van der Waals surface area contributed by atoms with E-state index in [0.717, 1.165) is 39.3 Å². The van der Waals surface area contributed by atoms with Crippen LogP contribution in [0.15, 0.2) is 70.6 Å². The Morgan fingerprint density at radius 2 is 1.18 bits per heavy atom. The molecule has 2 atom stereocenters. The van der Waals surface area contributed by atoms with Crippen LogP contribution in [0.5, 0.6) is 11.5 Å². The number of hydrogen-bond donors (Lipinski definition) is 0. The molecule has 2 aliphatic heterocycles. The molecule has 0 spiro atoms. The second-order valence-electron chi connectivity index (χ2n) is 8.20. The standard InChI is InChI=1S/C27H25ClN2O4/c1-16-12-21(26-29-14-24(33-26)17-4-8-19(31-2)9-5-17)22(13-23(16)28)27-30-15-25(34-27)18-6-10-20(32-3)11-7-18/h4-13,24-25H,14-15H2,1-3H3. The Balaban J connectivity index is 1.38. The first kappa shape index (κ1) is 22.3. The average Bonchev–Trinajstić information content (AvgIpc) is 3.56. The van der Waals surface area contributed by atoms with Crippen LogP contribution in [0.25, 0.3) is 0 Å². The lowest BCUT2D eigenvalue weighted by atomic mass is 10.0. The normalized spacial score (nSPS) is 19.2. The molecule has 0 saturated heterocycles. The lowest BCUT2D eigenvalue weighted by Crippen LogP contribution is -2.14. The van der Waals surface area contributed by atoms with Crippen LogP contribution < -0.4 is 9.47 Å². The van der Waals surface area contributed by atoms with Crippen molar-refractivity contribution in [2.45, 2.75) is 19.1 Å². The van der Waals surface area contributed by atoms with Gasteiger partial charge in [0.05, 0.1) is 32.9 Å². The Morgan fingerprint density at radius 1 is 0.735 bits per heavy atom. The number of halogens is 1. The molecule has 2 heterocycles. The molecule has 0 bridgehead atoms. The van der Waals surface area contributed by atoms with E-state index in [2.05, 4.69) is 4.99 Å². The van der Waals surface area contributed by atoms with Crippen molar-refractivity contribution >= 4 is 23.4 Å². The largest absolute Gasteiger partial charge is 0.497 e. The first-order valence-electron chi connectivity index (χ1n) is 11.1. The molecule has 2 unspecified atom stereocenters. The summed E-state index contributed by atoms with van der Waals surface area (Å²) in [5.74, 6) is 2.71. The van der Waals surface area contributed by atoms with Gasteiger partial charge in [0.25, 0.3) is 0 Å². The van der Waals surface area contributed by atoms with Gasteiger partial charge < -0.3 is 18.9 Å². The summed E-state index contributed by atoms with van der Waals surface area (Å²) in [6.07, 6.45) is -0.337. The van der Waals surface area contributed by atoms with Gasteiger partial charge in [-0.1, -0.05) is 35.9 Å². The second kappa shape index (κ2) is 9.39. The topological polar surface area (TPSA) is 61.6 Å². The molecule has 3 aromatic carbocycles. The van der Waals surface area contributed by atoms with Crippen LogP contribution in [0.3, 0.4) is 0 Å². The smallest absolute Gasteiger partial charge is 0.217 e. The number of methoxy groups -OCH3 is 2. The molecular weight excluding hydrogens is 452 g/mol.